The largest absolute Gasteiger partial charge is 0.357 e. The van der Waals surface area contributed by atoms with E-state index in [-0.39, 0.29) is 24.0 Å². The van der Waals surface area contributed by atoms with E-state index in [1.54, 1.807) is 12.7 Å². The van der Waals surface area contributed by atoms with Gasteiger partial charge in [0.2, 0.25) is 0 Å². The third-order valence-corrected chi connectivity index (χ3v) is 5.26. The van der Waals surface area contributed by atoms with E-state index in [4.69, 9.17) is 4.99 Å². The normalized spacial score (nSPS) is 11.4. The van der Waals surface area contributed by atoms with E-state index >= 15 is 0 Å². The van der Waals surface area contributed by atoms with Gasteiger partial charge in [0.15, 0.2) is 5.96 Å². The van der Waals surface area contributed by atoms with Crippen LogP contribution in [0.3, 0.4) is 0 Å². The molecule has 0 amide bonds. The highest BCUT2D eigenvalue weighted by Gasteiger charge is 2.06. The summed E-state index contributed by atoms with van der Waals surface area (Å²) in [5, 5.41) is 11.0. The highest BCUT2D eigenvalue weighted by Crippen LogP contribution is 2.15. The minimum absolute atomic E-state index is 0. The third kappa shape index (κ3) is 6.77. The Kier molecular flexibility index (Phi) is 9.23. The number of hydrogen-bond acceptors (Lipinski definition) is 4. The topological polar surface area (TPSA) is 85.0 Å². The molecule has 0 aliphatic rings. The number of rotatable bonds is 9. The maximum absolute atomic E-state index is 4.76. The smallest absolute Gasteiger partial charge is 0.191 e. The first-order chi connectivity index (χ1) is 15.7. The lowest BCUT2D eigenvalue weighted by atomic mass is 10.1. The quantitative estimate of drug-likeness (QED) is 0.142. The summed E-state index contributed by atoms with van der Waals surface area (Å²) in [6.45, 7) is 8.05. The summed E-state index contributed by atoms with van der Waals surface area (Å²) in [6, 6.07) is 16.7. The van der Waals surface area contributed by atoms with Gasteiger partial charge in [-0.3, -0.25) is 0 Å². The number of nitrogens with zero attached hydrogens (tertiary/aromatic N) is 6. The lowest BCUT2D eigenvalue weighted by Crippen LogP contribution is -2.38. The minimum atomic E-state index is 0. The number of imidazole rings is 1. The van der Waals surface area contributed by atoms with Crippen molar-refractivity contribution in [1.29, 1.82) is 0 Å². The molecule has 33 heavy (non-hydrogen) atoms. The Bertz CT molecular complexity index is 1170. The highest BCUT2D eigenvalue weighted by atomic mass is 127. The zero-order chi connectivity index (χ0) is 22.2. The molecule has 0 unspecified atom stereocenters. The van der Waals surface area contributed by atoms with E-state index in [0.29, 0.717) is 13.1 Å². The van der Waals surface area contributed by atoms with E-state index in [1.807, 2.05) is 10.7 Å². The lowest BCUT2D eigenvalue weighted by Gasteiger charge is -2.12. The Hall–Kier alpha value is -2.95. The summed E-state index contributed by atoms with van der Waals surface area (Å²) >= 11 is 0. The molecule has 8 nitrogen and oxygen atoms in total. The molecular formula is C24H31IN8. The highest BCUT2D eigenvalue weighted by molar-refractivity contribution is 14.0. The van der Waals surface area contributed by atoms with Crippen LogP contribution in [0.25, 0.3) is 11.0 Å². The number of para-hydroxylation sites is 2. The summed E-state index contributed by atoms with van der Waals surface area (Å²) in [5.74, 6) is 1.89. The zero-order valence-corrected chi connectivity index (χ0v) is 21.4. The molecular weight excluding hydrogens is 527 g/mol. The van der Waals surface area contributed by atoms with E-state index < -0.39 is 0 Å². The molecule has 2 aromatic carbocycles. The SMILES string of the molecule is CCNC(=NCc1cccc(Cn2cncn2)c1)NCCCn1c(C)nc2ccccc21.I. The molecule has 2 N–H and O–H groups in total. The van der Waals surface area contributed by atoms with Crippen molar-refractivity contribution >= 4 is 41.0 Å². The molecule has 4 rings (SSSR count). The van der Waals surface area contributed by atoms with Crippen molar-refractivity contribution in [2.24, 2.45) is 4.99 Å². The first-order valence-electron chi connectivity index (χ1n) is 11.1. The second-order valence-corrected chi connectivity index (χ2v) is 7.69. The zero-order valence-electron chi connectivity index (χ0n) is 19.1. The number of nitrogens with one attached hydrogen (secondary N) is 2. The number of aliphatic imine (C=N–C) groups is 1. The van der Waals surface area contributed by atoms with Gasteiger partial charge < -0.3 is 15.2 Å². The Labute approximate surface area is 211 Å². The number of halogens is 1. The number of guanidine groups is 1. The van der Waals surface area contributed by atoms with Gasteiger partial charge in [-0.1, -0.05) is 36.4 Å². The minimum Gasteiger partial charge on any atom is -0.357 e. The number of benzene rings is 2. The average Bonchev–Trinajstić information content (AvgIpc) is 3.42. The fraction of sp³-hybridized carbons (Fsp3) is 0.333. The van der Waals surface area contributed by atoms with E-state index in [2.05, 4.69) is 86.6 Å². The van der Waals surface area contributed by atoms with Crippen LogP contribution in [0.1, 0.15) is 30.3 Å². The van der Waals surface area contributed by atoms with Gasteiger partial charge in [0, 0.05) is 19.6 Å². The third-order valence-electron chi connectivity index (χ3n) is 5.26. The predicted octanol–water partition coefficient (Wildman–Crippen LogP) is 3.75. The van der Waals surface area contributed by atoms with Crippen LogP contribution in [0.2, 0.25) is 0 Å². The summed E-state index contributed by atoms with van der Waals surface area (Å²) in [6.07, 6.45) is 4.27. The van der Waals surface area contributed by atoms with Crippen molar-refractivity contribution in [2.75, 3.05) is 13.1 Å². The van der Waals surface area contributed by atoms with Gasteiger partial charge in [0.05, 0.1) is 24.1 Å². The van der Waals surface area contributed by atoms with Gasteiger partial charge in [-0.2, -0.15) is 5.10 Å². The maximum Gasteiger partial charge on any atom is 0.191 e. The summed E-state index contributed by atoms with van der Waals surface area (Å²) in [4.78, 5) is 13.4. The first kappa shape index (κ1) is 24.7. The molecule has 9 heteroatoms. The van der Waals surface area contributed by atoms with Crippen LogP contribution in [0, 0.1) is 6.92 Å². The maximum atomic E-state index is 4.76. The molecule has 0 saturated carbocycles. The lowest BCUT2D eigenvalue weighted by molar-refractivity contribution is 0.624. The Balaban J connectivity index is 0.00000306. The van der Waals surface area contributed by atoms with Crippen molar-refractivity contribution in [3.8, 4) is 0 Å². The summed E-state index contributed by atoms with van der Waals surface area (Å²) in [7, 11) is 0. The number of aryl methyl sites for hydroxylation is 2. The molecule has 4 aromatic rings. The number of hydrogen-bond donors (Lipinski definition) is 2. The molecule has 0 spiro atoms. The van der Waals surface area contributed by atoms with E-state index in [1.165, 1.54) is 16.6 Å². The molecule has 0 radical (unpaired) electrons. The van der Waals surface area contributed by atoms with Crippen LogP contribution in [-0.2, 0) is 19.6 Å². The molecule has 174 valence electrons. The Morgan fingerprint density at radius 2 is 1.91 bits per heavy atom. The number of aromatic nitrogens is 5. The standard InChI is InChI=1S/C24H30N8.HI/c1-3-26-24(27-12-7-13-32-19(2)30-22-10-4-5-11-23(22)32)28-15-20-8-6-9-21(14-20)16-31-18-25-17-29-31;/h4-6,8-11,14,17-18H,3,7,12-13,15-16H2,1-2H3,(H2,26,27,28);1H. The van der Waals surface area contributed by atoms with Gasteiger partial charge in [0.1, 0.15) is 18.5 Å². The molecule has 0 atom stereocenters. The van der Waals surface area contributed by atoms with Crippen molar-refractivity contribution in [3.63, 3.8) is 0 Å². The van der Waals surface area contributed by atoms with Crippen LogP contribution in [0.4, 0.5) is 0 Å². The van der Waals surface area contributed by atoms with E-state index in [9.17, 15) is 0 Å². The number of fused-ring (bicyclic) bond motifs is 1. The summed E-state index contributed by atoms with van der Waals surface area (Å²) in [5.41, 5.74) is 4.60. The fourth-order valence-corrected chi connectivity index (χ4v) is 3.76. The molecule has 0 bridgehead atoms. The van der Waals surface area contributed by atoms with Crippen LogP contribution >= 0.6 is 24.0 Å². The van der Waals surface area contributed by atoms with Gasteiger partial charge in [-0.15, -0.1) is 24.0 Å². The monoisotopic (exact) mass is 558 g/mol. The molecule has 0 aliphatic heterocycles. The Morgan fingerprint density at radius 3 is 2.73 bits per heavy atom. The molecule has 0 saturated heterocycles. The van der Waals surface area contributed by atoms with Crippen LogP contribution < -0.4 is 10.6 Å². The van der Waals surface area contributed by atoms with Crippen LogP contribution in [0.15, 0.2) is 66.2 Å². The predicted molar refractivity (Wildman–Crippen MR) is 143 cm³/mol. The fourth-order valence-electron chi connectivity index (χ4n) is 3.76. The van der Waals surface area contributed by atoms with Gasteiger partial charge in [-0.05, 0) is 43.5 Å². The molecule has 0 aliphatic carbocycles. The van der Waals surface area contributed by atoms with Crippen LogP contribution in [-0.4, -0.2) is 43.4 Å². The van der Waals surface area contributed by atoms with Crippen molar-refractivity contribution in [1.82, 2.24) is 34.9 Å². The van der Waals surface area contributed by atoms with Gasteiger partial charge in [0.25, 0.3) is 0 Å². The Morgan fingerprint density at radius 1 is 1.06 bits per heavy atom. The van der Waals surface area contributed by atoms with Crippen molar-refractivity contribution < 1.29 is 0 Å². The molecule has 2 aromatic heterocycles. The first-order valence-corrected chi connectivity index (χ1v) is 11.1. The molecule has 0 fully saturated rings. The van der Waals surface area contributed by atoms with Crippen molar-refractivity contribution in [3.05, 3.63) is 78.1 Å². The van der Waals surface area contributed by atoms with Gasteiger partial charge in [-0.25, -0.2) is 19.6 Å². The van der Waals surface area contributed by atoms with Crippen LogP contribution in [0.5, 0.6) is 0 Å². The average molecular weight is 558 g/mol. The second kappa shape index (κ2) is 12.3. The second-order valence-electron chi connectivity index (χ2n) is 7.69. The van der Waals surface area contributed by atoms with Gasteiger partial charge >= 0.3 is 0 Å². The summed E-state index contributed by atoms with van der Waals surface area (Å²) < 4.78 is 4.10. The molecule has 2 heterocycles. The van der Waals surface area contributed by atoms with Crippen molar-refractivity contribution in [2.45, 2.75) is 39.9 Å². The van der Waals surface area contributed by atoms with E-state index in [0.717, 1.165) is 43.4 Å².